The predicted molar refractivity (Wildman–Crippen MR) is 121 cm³/mol. The Kier molecular flexibility index (Phi) is 6.17. The highest BCUT2D eigenvalue weighted by Crippen LogP contribution is 2.68. The van der Waals surface area contributed by atoms with Crippen LogP contribution in [0.3, 0.4) is 0 Å². The molecule has 0 aromatic rings. The molecule has 4 aliphatic rings. The summed E-state index contributed by atoms with van der Waals surface area (Å²) in [7, 11) is 1.47. The molecule has 0 radical (unpaired) electrons. The number of carbonyl (C=O) groups excluding carboxylic acids is 2. The van der Waals surface area contributed by atoms with E-state index in [0.717, 1.165) is 44.1 Å². The van der Waals surface area contributed by atoms with Crippen LogP contribution in [-0.2, 0) is 14.3 Å². The quantitative estimate of drug-likeness (QED) is 0.484. The minimum Gasteiger partial charge on any atom is -0.469 e. The van der Waals surface area contributed by atoms with Crippen LogP contribution in [0.5, 0.6) is 0 Å². The molecular weight excluding hydrogens is 388 g/mol. The maximum absolute atomic E-state index is 13.9. The van der Waals surface area contributed by atoms with Crippen molar-refractivity contribution in [3.63, 3.8) is 0 Å². The van der Waals surface area contributed by atoms with Gasteiger partial charge in [0, 0.05) is 12.3 Å². The third kappa shape index (κ3) is 3.52. The molecule has 0 aromatic heterocycles. The van der Waals surface area contributed by atoms with Gasteiger partial charge in [-0.15, -0.1) is 0 Å². The molecule has 174 valence electrons. The van der Waals surface area contributed by atoms with Gasteiger partial charge in [0.25, 0.3) is 0 Å². The Labute approximate surface area is 188 Å². The lowest BCUT2D eigenvalue weighted by molar-refractivity contribution is -0.150. The van der Waals surface area contributed by atoms with Crippen LogP contribution in [0.15, 0.2) is 11.6 Å². The van der Waals surface area contributed by atoms with Crippen LogP contribution < -0.4 is 0 Å². The number of ether oxygens (including phenoxy) is 1. The molecule has 4 rings (SSSR count). The van der Waals surface area contributed by atoms with Gasteiger partial charge in [-0.2, -0.15) is 0 Å². The number of aliphatic hydroxyl groups is 1. The van der Waals surface area contributed by atoms with Crippen molar-refractivity contribution in [3.05, 3.63) is 11.6 Å². The lowest BCUT2D eigenvalue weighted by Crippen LogP contribution is -2.58. The molecule has 0 aromatic carbocycles. The molecule has 0 heterocycles. The zero-order valence-corrected chi connectivity index (χ0v) is 20.2. The largest absolute Gasteiger partial charge is 0.469 e. The second-order valence-electron chi connectivity index (χ2n) is 11.7. The van der Waals surface area contributed by atoms with Crippen molar-refractivity contribution in [1.29, 1.82) is 0 Å². The van der Waals surface area contributed by atoms with Crippen molar-refractivity contribution in [1.82, 2.24) is 0 Å². The van der Waals surface area contributed by atoms with E-state index < -0.39 is 0 Å². The number of hydrogen-bond acceptors (Lipinski definition) is 4. The molecular formula is C27H42O4. The van der Waals surface area contributed by atoms with E-state index >= 15 is 0 Å². The maximum atomic E-state index is 13.9. The van der Waals surface area contributed by atoms with Crippen molar-refractivity contribution in [3.8, 4) is 0 Å². The van der Waals surface area contributed by atoms with E-state index in [1.807, 2.05) is 6.92 Å². The lowest BCUT2D eigenvalue weighted by atomic mass is 9.43. The van der Waals surface area contributed by atoms with Crippen LogP contribution in [0.1, 0.15) is 85.5 Å². The van der Waals surface area contributed by atoms with Crippen molar-refractivity contribution in [2.75, 3.05) is 7.11 Å². The van der Waals surface area contributed by atoms with E-state index in [2.05, 4.69) is 26.8 Å². The topological polar surface area (TPSA) is 63.6 Å². The highest BCUT2D eigenvalue weighted by molar-refractivity contribution is 5.99. The first kappa shape index (κ1) is 23.0. The zero-order valence-electron chi connectivity index (χ0n) is 20.2. The average Bonchev–Trinajstić information content (AvgIpc) is 3.10. The second kappa shape index (κ2) is 8.32. The van der Waals surface area contributed by atoms with Gasteiger partial charge in [-0.25, -0.2) is 0 Å². The predicted octanol–water partition coefficient (Wildman–Crippen LogP) is 5.33. The number of allylic oxidation sites excluding steroid dienone is 2. The van der Waals surface area contributed by atoms with Gasteiger partial charge in [0.2, 0.25) is 0 Å². The third-order valence-electron chi connectivity index (χ3n) is 10.5. The van der Waals surface area contributed by atoms with Gasteiger partial charge in [0.05, 0.1) is 13.2 Å². The Hall–Kier alpha value is -1.16. The van der Waals surface area contributed by atoms with Crippen LogP contribution in [0, 0.1) is 46.3 Å². The fourth-order valence-corrected chi connectivity index (χ4v) is 8.81. The number of esters is 1. The second-order valence-corrected chi connectivity index (χ2v) is 11.7. The summed E-state index contributed by atoms with van der Waals surface area (Å²) in [6.07, 6.45) is 10.4. The zero-order chi connectivity index (χ0) is 22.6. The Morgan fingerprint density at radius 3 is 2.52 bits per heavy atom. The molecule has 31 heavy (non-hydrogen) atoms. The Morgan fingerprint density at radius 1 is 1.16 bits per heavy atom. The summed E-state index contributed by atoms with van der Waals surface area (Å²) in [5.74, 6) is 2.57. The van der Waals surface area contributed by atoms with Gasteiger partial charge in [0.15, 0.2) is 5.78 Å². The highest BCUT2D eigenvalue weighted by atomic mass is 16.5. The first-order valence-corrected chi connectivity index (χ1v) is 12.6. The number of ketones is 1. The molecule has 4 aliphatic carbocycles. The number of Topliss-reactive ketones (excluding diaryl/α,β-unsaturated/α-hetero) is 1. The average molecular weight is 431 g/mol. The molecule has 4 saturated carbocycles. The molecule has 0 amide bonds. The monoisotopic (exact) mass is 430 g/mol. The summed E-state index contributed by atoms with van der Waals surface area (Å²) < 4.78 is 4.87. The van der Waals surface area contributed by atoms with Crippen molar-refractivity contribution >= 4 is 11.8 Å². The van der Waals surface area contributed by atoms with E-state index in [0.29, 0.717) is 35.9 Å². The van der Waals surface area contributed by atoms with Crippen LogP contribution in [0.4, 0.5) is 0 Å². The standard InChI is InChI=1S/C27H42O4/c1-6-18-22-15-17(28)11-13-27(22,4)21-12-14-26(3)19(16(2)7-10-23(29)31-5)8-9-20(26)24(21)25(18)30/h6,16-17,19-22,24,28H,7-15H2,1-5H3/t16-,17-,19-,20?,21?,22?,24?,26?,27?/m1/s1. The molecule has 4 heteroatoms. The maximum Gasteiger partial charge on any atom is 0.305 e. The fourth-order valence-electron chi connectivity index (χ4n) is 8.81. The van der Waals surface area contributed by atoms with Crippen LogP contribution in [0.2, 0.25) is 0 Å². The van der Waals surface area contributed by atoms with Crippen molar-refractivity contribution in [2.24, 2.45) is 46.3 Å². The molecule has 0 aliphatic heterocycles. The minimum absolute atomic E-state index is 0.117. The molecule has 0 spiro atoms. The Morgan fingerprint density at radius 2 is 1.84 bits per heavy atom. The summed E-state index contributed by atoms with van der Waals surface area (Å²) in [5, 5.41) is 10.4. The molecule has 4 fully saturated rings. The Balaban J connectivity index is 1.61. The van der Waals surface area contributed by atoms with E-state index in [1.54, 1.807) is 0 Å². The first-order chi connectivity index (χ1) is 14.7. The summed E-state index contributed by atoms with van der Waals surface area (Å²) >= 11 is 0. The van der Waals surface area contributed by atoms with Gasteiger partial charge in [-0.05, 0) is 104 Å². The number of fused-ring (bicyclic) bond motifs is 5. The Bertz CT molecular complexity index is 756. The van der Waals surface area contributed by atoms with Gasteiger partial charge in [-0.3, -0.25) is 9.59 Å². The van der Waals surface area contributed by atoms with E-state index in [-0.39, 0.29) is 34.7 Å². The number of aliphatic hydroxyl groups excluding tert-OH is 1. The lowest BCUT2D eigenvalue weighted by Gasteiger charge is -2.61. The van der Waals surface area contributed by atoms with Crippen LogP contribution in [0.25, 0.3) is 0 Å². The first-order valence-electron chi connectivity index (χ1n) is 12.6. The van der Waals surface area contributed by atoms with E-state index in [4.69, 9.17) is 4.74 Å². The van der Waals surface area contributed by atoms with Crippen molar-refractivity contribution < 1.29 is 19.4 Å². The number of rotatable bonds is 4. The molecule has 1 N–H and O–H groups in total. The van der Waals surface area contributed by atoms with Gasteiger partial charge in [0.1, 0.15) is 0 Å². The molecule has 4 nitrogen and oxygen atoms in total. The van der Waals surface area contributed by atoms with Crippen LogP contribution >= 0.6 is 0 Å². The highest BCUT2D eigenvalue weighted by Gasteiger charge is 2.64. The van der Waals surface area contributed by atoms with E-state index in [1.165, 1.54) is 20.0 Å². The molecule has 0 saturated heterocycles. The van der Waals surface area contributed by atoms with Gasteiger partial charge >= 0.3 is 5.97 Å². The smallest absolute Gasteiger partial charge is 0.305 e. The SMILES string of the molecule is CC=C1C(=O)C2C(CCC3(C)C2CC[C@@H]3[C@H](C)CCC(=O)OC)C2(C)CC[C@@H](O)CC12. The summed E-state index contributed by atoms with van der Waals surface area (Å²) in [4.78, 5) is 25.6. The number of hydrogen-bond donors (Lipinski definition) is 1. The third-order valence-corrected chi connectivity index (χ3v) is 10.5. The van der Waals surface area contributed by atoms with Gasteiger partial charge < -0.3 is 9.84 Å². The van der Waals surface area contributed by atoms with Gasteiger partial charge in [-0.1, -0.05) is 26.8 Å². The molecule has 9 atom stereocenters. The van der Waals surface area contributed by atoms with Crippen LogP contribution in [-0.4, -0.2) is 30.1 Å². The summed E-state index contributed by atoms with van der Waals surface area (Å²) in [5.41, 5.74) is 1.33. The number of carbonyl (C=O) groups is 2. The van der Waals surface area contributed by atoms with Crippen molar-refractivity contribution in [2.45, 2.75) is 91.6 Å². The normalized spacial score (nSPS) is 46.8. The van der Waals surface area contributed by atoms with E-state index in [9.17, 15) is 14.7 Å². The fraction of sp³-hybridized carbons (Fsp3) is 0.852. The minimum atomic E-state index is -0.266. The molecule has 0 bridgehead atoms. The summed E-state index contributed by atoms with van der Waals surface area (Å²) in [6, 6.07) is 0. The molecule has 6 unspecified atom stereocenters. The summed E-state index contributed by atoms with van der Waals surface area (Å²) in [6.45, 7) is 9.18. The number of methoxy groups -OCH3 is 1.